The molecule has 0 heterocycles. The number of rotatable bonds is 4. The van der Waals surface area contributed by atoms with Crippen molar-refractivity contribution in [3.05, 3.63) is 0 Å². The maximum absolute atomic E-state index is 10.2. The quantitative estimate of drug-likeness (QED) is 0.723. The van der Waals surface area contributed by atoms with Crippen LogP contribution in [-0.2, 0) is 0 Å². The Morgan fingerprint density at radius 1 is 1.12 bits per heavy atom. The Balaban J connectivity index is 4.51. The van der Waals surface area contributed by atoms with Crippen LogP contribution >= 0.6 is 0 Å². The largest absolute Gasteiger partial charge is 0.380 e. The molecule has 0 saturated carbocycles. The van der Waals surface area contributed by atoms with E-state index >= 15 is 0 Å². The van der Waals surface area contributed by atoms with Crippen molar-refractivity contribution in [3.8, 4) is 11.8 Å². The first-order valence-electron chi connectivity index (χ1n) is 6.10. The number of aliphatic hydroxyl groups excluding tert-OH is 1. The summed E-state index contributed by atoms with van der Waals surface area (Å²) in [6.45, 7) is 11.9. The molecule has 0 aromatic rings. The zero-order valence-electron chi connectivity index (χ0n) is 11.4. The van der Waals surface area contributed by atoms with E-state index in [2.05, 4.69) is 25.7 Å². The normalized spacial score (nSPS) is 18.9. The van der Waals surface area contributed by atoms with E-state index in [1.807, 2.05) is 20.8 Å². The Hall–Kier alpha value is -0.520. The average Bonchev–Trinajstić information content (AvgIpc) is 2.12. The van der Waals surface area contributed by atoms with Crippen molar-refractivity contribution in [2.24, 2.45) is 17.8 Å². The van der Waals surface area contributed by atoms with E-state index in [1.54, 1.807) is 6.92 Å². The molecule has 0 rings (SSSR count). The molecule has 0 spiro atoms. The maximum Gasteiger partial charge on any atom is 0.125 e. The second-order valence-electron chi connectivity index (χ2n) is 5.59. The second-order valence-corrected chi connectivity index (χ2v) is 5.59. The van der Waals surface area contributed by atoms with Gasteiger partial charge in [-0.05, 0) is 31.1 Å². The summed E-state index contributed by atoms with van der Waals surface area (Å²) < 4.78 is 0. The Labute approximate surface area is 100 Å². The highest BCUT2D eigenvalue weighted by atomic mass is 16.3. The van der Waals surface area contributed by atoms with Crippen molar-refractivity contribution in [3.63, 3.8) is 0 Å². The predicted octanol–water partition coefficient (Wildman–Crippen LogP) is 2.44. The van der Waals surface area contributed by atoms with Crippen LogP contribution in [0.5, 0.6) is 0 Å². The summed E-state index contributed by atoms with van der Waals surface area (Å²) in [5.74, 6) is 6.42. The fourth-order valence-corrected chi connectivity index (χ4v) is 1.50. The Bertz CT molecular complexity index is 256. The van der Waals surface area contributed by atoms with Gasteiger partial charge in [-0.1, -0.05) is 46.5 Å². The monoisotopic (exact) mass is 226 g/mol. The third-order valence-corrected chi connectivity index (χ3v) is 3.07. The van der Waals surface area contributed by atoms with Crippen LogP contribution in [0, 0.1) is 29.6 Å². The van der Waals surface area contributed by atoms with E-state index in [0.29, 0.717) is 18.3 Å². The molecule has 0 amide bonds. The van der Waals surface area contributed by atoms with Gasteiger partial charge in [0.2, 0.25) is 0 Å². The van der Waals surface area contributed by atoms with Crippen molar-refractivity contribution in [2.75, 3.05) is 0 Å². The van der Waals surface area contributed by atoms with Crippen LogP contribution in [0.25, 0.3) is 0 Å². The summed E-state index contributed by atoms with van der Waals surface area (Å²) >= 11 is 0. The van der Waals surface area contributed by atoms with Crippen LogP contribution in [0.3, 0.4) is 0 Å². The zero-order valence-corrected chi connectivity index (χ0v) is 11.4. The Kier molecular flexibility index (Phi) is 6.07. The molecule has 0 aliphatic rings. The van der Waals surface area contributed by atoms with Gasteiger partial charge in [0, 0.05) is 0 Å². The molecule has 0 aromatic heterocycles. The van der Waals surface area contributed by atoms with Crippen molar-refractivity contribution in [1.82, 2.24) is 0 Å². The molecule has 0 aliphatic heterocycles. The Morgan fingerprint density at radius 2 is 1.62 bits per heavy atom. The second kappa shape index (κ2) is 6.27. The van der Waals surface area contributed by atoms with Crippen molar-refractivity contribution in [1.29, 1.82) is 0 Å². The third kappa shape index (κ3) is 5.53. The lowest BCUT2D eigenvalue weighted by Gasteiger charge is -2.28. The number of hydrogen-bond donors (Lipinski definition) is 2. The van der Waals surface area contributed by atoms with Gasteiger partial charge in [-0.25, -0.2) is 0 Å². The molecule has 0 bridgehead atoms. The Morgan fingerprint density at radius 3 is 2.00 bits per heavy atom. The summed E-state index contributed by atoms with van der Waals surface area (Å²) in [5.41, 5.74) is -1.02. The molecule has 0 saturated heterocycles. The van der Waals surface area contributed by atoms with Crippen molar-refractivity contribution < 1.29 is 10.2 Å². The zero-order chi connectivity index (χ0) is 12.9. The summed E-state index contributed by atoms with van der Waals surface area (Å²) in [7, 11) is 0. The SMILES string of the molecule is CC(C)CC(O)C#CC(C)(O)C(C)C(C)C. The number of aliphatic hydroxyl groups is 2. The standard InChI is InChI=1S/C14H26O2/c1-10(2)9-13(15)7-8-14(6,16)12(5)11(3)4/h10-13,15-16H,9H2,1-6H3. The fourth-order valence-electron chi connectivity index (χ4n) is 1.50. The van der Waals surface area contributed by atoms with Gasteiger partial charge < -0.3 is 10.2 Å². The van der Waals surface area contributed by atoms with Gasteiger partial charge in [-0.2, -0.15) is 0 Å². The topological polar surface area (TPSA) is 40.5 Å². The van der Waals surface area contributed by atoms with E-state index < -0.39 is 11.7 Å². The maximum atomic E-state index is 10.2. The van der Waals surface area contributed by atoms with Gasteiger partial charge in [0.1, 0.15) is 11.7 Å². The minimum atomic E-state index is -1.02. The van der Waals surface area contributed by atoms with E-state index in [-0.39, 0.29) is 5.92 Å². The lowest BCUT2D eigenvalue weighted by Crippen LogP contribution is -2.34. The van der Waals surface area contributed by atoms with Crippen LogP contribution in [0.15, 0.2) is 0 Å². The van der Waals surface area contributed by atoms with Gasteiger partial charge >= 0.3 is 0 Å². The highest BCUT2D eigenvalue weighted by Crippen LogP contribution is 2.23. The molecule has 0 aliphatic carbocycles. The molecule has 0 radical (unpaired) electrons. The first kappa shape index (κ1) is 15.5. The molecule has 2 heteroatoms. The summed E-state index contributed by atoms with van der Waals surface area (Å²) in [6, 6.07) is 0. The molecule has 16 heavy (non-hydrogen) atoms. The lowest BCUT2D eigenvalue weighted by molar-refractivity contribution is 0.0418. The molecule has 0 aromatic carbocycles. The van der Waals surface area contributed by atoms with Gasteiger partial charge in [0.25, 0.3) is 0 Å². The minimum Gasteiger partial charge on any atom is -0.380 e. The van der Waals surface area contributed by atoms with Crippen LogP contribution < -0.4 is 0 Å². The molecular formula is C14H26O2. The molecule has 2 N–H and O–H groups in total. The van der Waals surface area contributed by atoms with Crippen LogP contribution in [0.1, 0.15) is 48.0 Å². The molecule has 3 unspecified atom stereocenters. The fraction of sp³-hybridized carbons (Fsp3) is 0.857. The van der Waals surface area contributed by atoms with E-state index in [0.717, 1.165) is 0 Å². The predicted molar refractivity (Wildman–Crippen MR) is 67.9 cm³/mol. The molecule has 2 nitrogen and oxygen atoms in total. The van der Waals surface area contributed by atoms with Crippen LogP contribution in [-0.4, -0.2) is 21.9 Å². The molecule has 3 atom stereocenters. The molecular weight excluding hydrogens is 200 g/mol. The van der Waals surface area contributed by atoms with E-state index in [9.17, 15) is 10.2 Å². The van der Waals surface area contributed by atoms with Crippen LogP contribution in [0.4, 0.5) is 0 Å². The first-order chi connectivity index (χ1) is 7.16. The highest BCUT2D eigenvalue weighted by Gasteiger charge is 2.28. The minimum absolute atomic E-state index is 0.0891. The van der Waals surface area contributed by atoms with E-state index in [1.165, 1.54) is 0 Å². The van der Waals surface area contributed by atoms with Gasteiger partial charge in [0.05, 0.1) is 0 Å². The smallest absolute Gasteiger partial charge is 0.125 e. The van der Waals surface area contributed by atoms with Gasteiger partial charge in [-0.15, -0.1) is 0 Å². The molecule has 0 fully saturated rings. The van der Waals surface area contributed by atoms with Crippen molar-refractivity contribution >= 4 is 0 Å². The summed E-state index contributed by atoms with van der Waals surface area (Å²) in [4.78, 5) is 0. The lowest BCUT2D eigenvalue weighted by atomic mass is 9.82. The summed E-state index contributed by atoms with van der Waals surface area (Å²) in [6.07, 6.45) is 0.0184. The van der Waals surface area contributed by atoms with Crippen LogP contribution in [0.2, 0.25) is 0 Å². The average molecular weight is 226 g/mol. The highest BCUT2D eigenvalue weighted by molar-refractivity contribution is 5.16. The first-order valence-corrected chi connectivity index (χ1v) is 6.10. The van der Waals surface area contributed by atoms with Crippen molar-refractivity contribution in [2.45, 2.75) is 59.7 Å². The van der Waals surface area contributed by atoms with Gasteiger partial charge in [0.15, 0.2) is 0 Å². The van der Waals surface area contributed by atoms with Gasteiger partial charge in [-0.3, -0.25) is 0 Å². The number of hydrogen-bond acceptors (Lipinski definition) is 2. The third-order valence-electron chi connectivity index (χ3n) is 3.07. The van der Waals surface area contributed by atoms with E-state index in [4.69, 9.17) is 0 Å². The molecule has 94 valence electrons. The summed E-state index contributed by atoms with van der Waals surface area (Å²) in [5, 5.41) is 19.8.